The molecule has 1 heterocycles. The Labute approximate surface area is 117 Å². The third-order valence-electron chi connectivity index (χ3n) is 3.26. The van der Waals surface area contributed by atoms with Crippen LogP contribution in [-0.4, -0.2) is 16.4 Å². The van der Waals surface area contributed by atoms with Crippen LogP contribution in [0.25, 0.3) is 10.9 Å². The first-order valence-corrected chi connectivity index (χ1v) is 6.63. The Hall–Kier alpha value is -2.49. The van der Waals surface area contributed by atoms with Crippen molar-refractivity contribution in [2.24, 2.45) is 0 Å². The quantitative estimate of drug-likeness (QED) is 0.739. The molecule has 0 aliphatic rings. The zero-order valence-corrected chi connectivity index (χ0v) is 11.4. The fraction of sp³-hybridized carbons (Fsp3) is 0.188. The van der Waals surface area contributed by atoms with Gasteiger partial charge in [0.1, 0.15) is 12.4 Å². The summed E-state index contributed by atoms with van der Waals surface area (Å²) in [6, 6.07) is 13.8. The lowest BCUT2D eigenvalue weighted by Crippen LogP contribution is -2.09. The summed E-state index contributed by atoms with van der Waals surface area (Å²) in [6.45, 7) is 3.33. The first kappa shape index (κ1) is 12.5. The summed E-state index contributed by atoms with van der Waals surface area (Å²) in [7, 11) is 0. The normalized spacial score (nSPS) is 10.8. The number of fused-ring (bicyclic) bond motifs is 1. The predicted molar refractivity (Wildman–Crippen MR) is 80.8 cm³/mol. The molecule has 0 saturated carbocycles. The fourth-order valence-corrected chi connectivity index (χ4v) is 2.15. The van der Waals surface area contributed by atoms with Crippen LogP contribution in [0, 0.1) is 6.92 Å². The maximum atomic E-state index is 5.81. The molecule has 3 aromatic rings. The van der Waals surface area contributed by atoms with Crippen LogP contribution in [0.15, 0.2) is 48.7 Å². The van der Waals surface area contributed by atoms with E-state index in [1.807, 2.05) is 53.3 Å². The van der Waals surface area contributed by atoms with Crippen molar-refractivity contribution < 1.29 is 4.74 Å². The van der Waals surface area contributed by atoms with Gasteiger partial charge in [0, 0.05) is 11.1 Å². The standard InChI is InChI=1S/C16H17N3O/c1-12-2-6-15(7-3-12)20-9-8-19-16-10-14(17)5-4-13(16)11-18-19/h2-7,10-11H,8-9,17H2,1H3. The molecule has 0 bridgehead atoms. The number of anilines is 1. The number of aromatic nitrogens is 2. The smallest absolute Gasteiger partial charge is 0.119 e. The second-order valence-corrected chi connectivity index (χ2v) is 4.85. The molecule has 0 aliphatic heterocycles. The summed E-state index contributed by atoms with van der Waals surface area (Å²) >= 11 is 0. The molecule has 2 aromatic carbocycles. The van der Waals surface area contributed by atoms with E-state index in [0.717, 1.165) is 22.3 Å². The first-order valence-electron chi connectivity index (χ1n) is 6.63. The molecule has 0 saturated heterocycles. The molecule has 0 atom stereocenters. The van der Waals surface area contributed by atoms with Gasteiger partial charge < -0.3 is 10.5 Å². The number of ether oxygens (including phenoxy) is 1. The predicted octanol–water partition coefficient (Wildman–Crippen LogP) is 3.01. The zero-order chi connectivity index (χ0) is 13.9. The van der Waals surface area contributed by atoms with Crippen molar-refractivity contribution in [2.75, 3.05) is 12.3 Å². The highest BCUT2D eigenvalue weighted by Crippen LogP contribution is 2.17. The molecule has 0 amide bonds. The molecule has 0 unspecified atom stereocenters. The molecule has 0 aliphatic carbocycles. The fourth-order valence-electron chi connectivity index (χ4n) is 2.15. The van der Waals surface area contributed by atoms with E-state index in [0.29, 0.717) is 13.2 Å². The lowest BCUT2D eigenvalue weighted by atomic mass is 10.2. The lowest BCUT2D eigenvalue weighted by molar-refractivity contribution is 0.293. The number of aryl methyl sites for hydroxylation is 1. The molecule has 1 aromatic heterocycles. The number of benzene rings is 2. The third-order valence-corrected chi connectivity index (χ3v) is 3.26. The lowest BCUT2D eigenvalue weighted by Gasteiger charge is -2.07. The van der Waals surface area contributed by atoms with Crippen molar-refractivity contribution in [3.05, 3.63) is 54.2 Å². The molecule has 0 radical (unpaired) electrons. The summed E-state index contributed by atoms with van der Waals surface area (Å²) in [5.41, 5.74) is 8.83. The number of hydrogen-bond donors (Lipinski definition) is 1. The van der Waals surface area contributed by atoms with Crippen LogP contribution >= 0.6 is 0 Å². The minimum absolute atomic E-state index is 0.578. The van der Waals surface area contributed by atoms with Crippen molar-refractivity contribution in [2.45, 2.75) is 13.5 Å². The molecule has 20 heavy (non-hydrogen) atoms. The Bertz CT molecular complexity index is 716. The minimum Gasteiger partial charge on any atom is -0.492 e. The van der Waals surface area contributed by atoms with Gasteiger partial charge in [-0.3, -0.25) is 4.68 Å². The highest BCUT2D eigenvalue weighted by atomic mass is 16.5. The summed E-state index contributed by atoms with van der Waals surface area (Å²) in [5.74, 6) is 0.881. The van der Waals surface area contributed by atoms with Crippen LogP contribution < -0.4 is 10.5 Å². The van der Waals surface area contributed by atoms with Crippen molar-refractivity contribution >= 4 is 16.6 Å². The Balaban J connectivity index is 1.68. The SMILES string of the molecule is Cc1ccc(OCCn2ncc3ccc(N)cc32)cc1. The monoisotopic (exact) mass is 267 g/mol. The van der Waals surface area contributed by atoms with E-state index in [1.165, 1.54) is 5.56 Å². The van der Waals surface area contributed by atoms with Crippen molar-refractivity contribution in [3.63, 3.8) is 0 Å². The van der Waals surface area contributed by atoms with Gasteiger partial charge >= 0.3 is 0 Å². The zero-order valence-electron chi connectivity index (χ0n) is 11.4. The molecule has 0 fully saturated rings. The molecule has 4 nitrogen and oxygen atoms in total. The van der Waals surface area contributed by atoms with E-state index >= 15 is 0 Å². The van der Waals surface area contributed by atoms with Gasteiger partial charge in [-0.25, -0.2) is 0 Å². The van der Waals surface area contributed by atoms with Crippen LogP contribution in [0.4, 0.5) is 5.69 Å². The Morgan fingerprint density at radius 3 is 2.75 bits per heavy atom. The van der Waals surface area contributed by atoms with E-state index < -0.39 is 0 Å². The van der Waals surface area contributed by atoms with Crippen LogP contribution in [0.3, 0.4) is 0 Å². The highest BCUT2D eigenvalue weighted by molar-refractivity contribution is 5.81. The van der Waals surface area contributed by atoms with Gasteiger partial charge in [-0.05, 0) is 37.3 Å². The molecule has 4 heteroatoms. The average Bonchev–Trinajstić information content (AvgIpc) is 2.84. The number of nitrogens with two attached hydrogens (primary N) is 1. The van der Waals surface area contributed by atoms with Gasteiger partial charge in [-0.1, -0.05) is 17.7 Å². The molecular formula is C16H17N3O. The third kappa shape index (κ3) is 2.59. The molecule has 102 valence electrons. The number of nitrogens with zero attached hydrogens (tertiary/aromatic N) is 2. The van der Waals surface area contributed by atoms with Crippen molar-refractivity contribution in [1.29, 1.82) is 0 Å². The average molecular weight is 267 g/mol. The van der Waals surface area contributed by atoms with Crippen LogP contribution in [-0.2, 0) is 6.54 Å². The molecule has 0 spiro atoms. The summed E-state index contributed by atoms with van der Waals surface area (Å²) in [5, 5.41) is 5.45. The van der Waals surface area contributed by atoms with E-state index in [-0.39, 0.29) is 0 Å². The van der Waals surface area contributed by atoms with Crippen LogP contribution in [0.2, 0.25) is 0 Å². The summed E-state index contributed by atoms with van der Waals surface area (Å²) in [6.07, 6.45) is 1.85. The summed E-state index contributed by atoms with van der Waals surface area (Å²) in [4.78, 5) is 0. The van der Waals surface area contributed by atoms with Gasteiger partial charge in [0.15, 0.2) is 0 Å². The van der Waals surface area contributed by atoms with Crippen molar-refractivity contribution in [1.82, 2.24) is 9.78 Å². The number of nitrogen functional groups attached to an aromatic ring is 1. The minimum atomic E-state index is 0.578. The van der Waals surface area contributed by atoms with Gasteiger partial charge in [0.25, 0.3) is 0 Å². The topological polar surface area (TPSA) is 53.1 Å². The Kier molecular flexibility index (Phi) is 3.29. The summed E-state index contributed by atoms with van der Waals surface area (Å²) < 4.78 is 7.64. The van der Waals surface area contributed by atoms with Gasteiger partial charge in [0.05, 0.1) is 18.3 Å². The van der Waals surface area contributed by atoms with Gasteiger partial charge in [0.2, 0.25) is 0 Å². The second kappa shape index (κ2) is 5.25. The van der Waals surface area contributed by atoms with Crippen molar-refractivity contribution in [3.8, 4) is 5.75 Å². The molecule has 2 N–H and O–H groups in total. The molecular weight excluding hydrogens is 250 g/mol. The largest absolute Gasteiger partial charge is 0.492 e. The van der Waals surface area contributed by atoms with Crippen LogP contribution in [0.5, 0.6) is 5.75 Å². The highest BCUT2D eigenvalue weighted by Gasteiger charge is 2.03. The van der Waals surface area contributed by atoms with Gasteiger partial charge in [-0.2, -0.15) is 5.10 Å². The number of hydrogen-bond acceptors (Lipinski definition) is 3. The first-order chi connectivity index (χ1) is 9.72. The molecule has 3 rings (SSSR count). The van der Waals surface area contributed by atoms with E-state index in [9.17, 15) is 0 Å². The van der Waals surface area contributed by atoms with Gasteiger partial charge in [-0.15, -0.1) is 0 Å². The Morgan fingerprint density at radius 2 is 1.95 bits per heavy atom. The van der Waals surface area contributed by atoms with E-state index in [2.05, 4.69) is 12.0 Å². The maximum absolute atomic E-state index is 5.81. The second-order valence-electron chi connectivity index (χ2n) is 4.85. The van der Waals surface area contributed by atoms with E-state index in [4.69, 9.17) is 10.5 Å². The van der Waals surface area contributed by atoms with Crippen LogP contribution in [0.1, 0.15) is 5.56 Å². The van der Waals surface area contributed by atoms with E-state index in [1.54, 1.807) is 0 Å². The maximum Gasteiger partial charge on any atom is 0.119 e. The number of rotatable bonds is 4. The Morgan fingerprint density at radius 1 is 1.15 bits per heavy atom.